The molecule has 0 fully saturated rings. The number of pyridine rings is 2. The maximum Gasteiger partial charge on any atom is 0.134 e. The predicted molar refractivity (Wildman–Crippen MR) is 85.5 cm³/mol. The average molecular weight is 382 g/mol. The van der Waals surface area contributed by atoms with Crippen molar-refractivity contribution in [3.05, 3.63) is 70.1 Å². The minimum absolute atomic E-state index is 0.136. The highest BCUT2D eigenvalue weighted by Gasteiger charge is 2.19. The molecule has 0 N–H and O–H groups in total. The van der Waals surface area contributed by atoms with Crippen LogP contribution in [0.25, 0.3) is 22.4 Å². The molecule has 0 spiro atoms. The third-order valence-electron chi connectivity index (χ3n) is 3.12. The lowest BCUT2D eigenvalue weighted by atomic mass is 9.98. The first-order valence-electron chi connectivity index (χ1n) is 6.27. The molecular weight excluding hydrogens is 374 g/mol. The van der Waals surface area contributed by atoms with Gasteiger partial charge in [0.15, 0.2) is 0 Å². The van der Waals surface area contributed by atoms with Crippen molar-refractivity contribution < 1.29 is 8.78 Å². The zero-order chi connectivity index (χ0) is 15.7. The van der Waals surface area contributed by atoms with E-state index in [0.29, 0.717) is 26.3 Å². The fourth-order valence-electron chi connectivity index (χ4n) is 2.16. The van der Waals surface area contributed by atoms with E-state index < -0.39 is 11.6 Å². The maximum atomic E-state index is 14.1. The monoisotopic (exact) mass is 380 g/mol. The van der Waals surface area contributed by atoms with Crippen LogP contribution in [0.15, 0.2) is 53.4 Å². The number of nitrogens with zero attached hydrogens (tertiary/aromatic N) is 2. The summed E-state index contributed by atoms with van der Waals surface area (Å²) in [4.78, 5) is 8.23. The first-order valence-corrected chi connectivity index (χ1v) is 7.45. The van der Waals surface area contributed by atoms with Crippen LogP contribution in [0.1, 0.15) is 0 Å². The van der Waals surface area contributed by atoms with Crippen LogP contribution in [0, 0.1) is 11.6 Å². The summed E-state index contributed by atoms with van der Waals surface area (Å²) in [6.45, 7) is 0. The quantitative estimate of drug-likeness (QED) is 0.585. The summed E-state index contributed by atoms with van der Waals surface area (Å²) in [5.41, 5.74) is 1.27. The SMILES string of the molecule is Fc1cccc(F)c1-c1cncc(Br)c1-c1ccc(Cl)cn1. The predicted octanol–water partition coefficient (Wildman–Crippen LogP) is 5.50. The molecule has 0 aliphatic heterocycles. The van der Waals surface area contributed by atoms with Crippen molar-refractivity contribution in [2.75, 3.05) is 0 Å². The minimum atomic E-state index is -0.657. The van der Waals surface area contributed by atoms with Crippen LogP contribution in [0.2, 0.25) is 5.02 Å². The Morgan fingerprint density at radius 1 is 0.909 bits per heavy atom. The molecular formula is C16H8BrClF2N2. The lowest BCUT2D eigenvalue weighted by molar-refractivity contribution is 0.589. The van der Waals surface area contributed by atoms with Gasteiger partial charge in [-0.15, -0.1) is 0 Å². The molecule has 0 aliphatic carbocycles. The summed E-state index contributed by atoms with van der Waals surface area (Å²) in [6.07, 6.45) is 4.44. The lowest BCUT2D eigenvalue weighted by Crippen LogP contribution is -1.96. The molecule has 2 aromatic heterocycles. The van der Waals surface area contributed by atoms with Crippen LogP contribution in [0.5, 0.6) is 0 Å². The highest BCUT2D eigenvalue weighted by molar-refractivity contribution is 9.10. The molecule has 2 heterocycles. The molecule has 110 valence electrons. The zero-order valence-electron chi connectivity index (χ0n) is 11.0. The molecule has 0 aliphatic rings. The summed E-state index contributed by atoms with van der Waals surface area (Å²) < 4.78 is 28.8. The number of hydrogen-bond donors (Lipinski definition) is 0. The van der Waals surface area contributed by atoms with Gasteiger partial charge in [-0.05, 0) is 40.2 Å². The summed E-state index contributed by atoms with van der Waals surface area (Å²) in [5, 5.41) is 0.479. The number of aromatic nitrogens is 2. The Morgan fingerprint density at radius 3 is 2.27 bits per heavy atom. The molecule has 3 rings (SSSR count). The summed E-state index contributed by atoms with van der Waals surface area (Å²) in [6, 6.07) is 7.08. The second-order valence-corrected chi connectivity index (χ2v) is 5.79. The smallest absolute Gasteiger partial charge is 0.134 e. The van der Waals surface area contributed by atoms with Crippen molar-refractivity contribution in [3.8, 4) is 22.4 Å². The van der Waals surface area contributed by atoms with Gasteiger partial charge in [-0.2, -0.15) is 0 Å². The zero-order valence-corrected chi connectivity index (χ0v) is 13.4. The molecule has 0 radical (unpaired) electrons. The van der Waals surface area contributed by atoms with Crippen molar-refractivity contribution in [1.29, 1.82) is 0 Å². The van der Waals surface area contributed by atoms with Gasteiger partial charge in [0.25, 0.3) is 0 Å². The Bertz CT molecular complexity index is 818. The topological polar surface area (TPSA) is 25.8 Å². The number of rotatable bonds is 2. The van der Waals surface area contributed by atoms with E-state index in [1.54, 1.807) is 18.3 Å². The summed E-state index contributed by atoms with van der Waals surface area (Å²) >= 11 is 9.21. The van der Waals surface area contributed by atoms with E-state index >= 15 is 0 Å². The fraction of sp³-hybridized carbons (Fsp3) is 0. The van der Waals surface area contributed by atoms with E-state index in [4.69, 9.17) is 11.6 Å². The first kappa shape index (κ1) is 15.1. The van der Waals surface area contributed by atoms with Gasteiger partial charge in [0.05, 0.1) is 16.3 Å². The number of hydrogen-bond acceptors (Lipinski definition) is 2. The maximum absolute atomic E-state index is 14.1. The van der Waals surface area contributed by atoms with E-state index in [9.17, 15) is 8.78 Å². The Kier molecular flexibility index (Phi) is 4.18. The van der Waals surface area contributed by atoms with Gasteiger partial charge in [-0.3, -0.25) is 9.97 Å². The summed E-state index contributed by atoms with van der Waals surface area (Å²) in [7, 11) is 0. The van der Waals surface area contributed by atoms with Gasteiger partial charge >= 0.3 is 0 Å². The van der Waals surface area contributed by atoms with Gasteiger partial charge in [0, 0.05) is 34.2 Å². The first-order chi connectivity index (χ1) is 10.6. The molecule has 0 amide bonds. The van der Waals surface area contributed by atoms with Gasteiger partial charge in [0.1, 0.15) is 11.6 Å². The van der Waals surface area contributed by atoms with E-state index in [1.807, 2.05) is 0 Å². The van der Waals surface area contributed by atoms with E-state index in [-0.39, 0.29) is 5.56 Å². The molecule has 0 atom stereocenters. The van der Waals surface area contributed by atoms with Crippen LogP contribution < -0.4 is 0 Å². The molecule has 2 nitrogen and oxygen atoms in total. The molecule has 0 saturated carbocycles. The fourth-order valence-corrected chi connectivity index (χ4v) is 2.81. The van der Waals surface area contributed by atoms with Gasteiger partial charge in [-0.1, -0.05) is 17.7 Å². The van der Waals surface area contributed by atoms with Crippen LogP contribution in [-0.4, -0.2) is 9.97 Å². The molecule has 1 aromatic carbocycles. The molecule has 0 unspecified atom stereocenters. The van der Waals surface area contributed by atoms with Crippen LogP contribution in [-0.2, 0) is 0 Å². The van der Waals surface area contributed by atoms with Crippen LogP contribution in [0.3, 0.4) is 0 Å². The molecule has 0 bridgehead atoms. The Balaban J connectivity index is 2.30. The van der Waals surface area contributed by atoms with E-state index in [0.717, 1.165) is 0 Å². The Morgan fingerprint density at radius 2 is 1.64 bits per heavy atom. The van der Waals surface area contributed by atoms with Crippen molar-refractivity contribution in [1.82, 2.24) is 9.97 Å². The van der Waals surface area contributed by atoms with Crippen molar-refractivity contribution in [2.24, 2.45) is 0 Å². The van der Waals surface area contributed by atoms with Crippen molar-refractivity contribution in [3.63, 3.8) is 0 Å². The van der Waals surface area contributed by atoms with E-state index in [2.05, 4.69) is 25.9 Å². The molecule has 6 heteroatoms. The third-order valence-corrected chi connectivity index (χ3v) is 3.94. The van der Waals surface area contributed by atoms with Crippen LogP contribution >= 0.6 is 27.5 Å². The van der Waals surface area contributed by atoms with Crippen molar-refractivity contribution >= 4 is 27.5 Å². The largest absolute Gasteiger partial charge is 0.263 e. The molecule has 3 aromatic rings. The second kappa shape index (κ2) is 6.10. The normalized spacial score (nSPS) is 10.7. The average Bonchev–Trinajstić information content (AvgIpc) is 2.49. The molecule has 0 saturated heterocycles. The van der Waals surface area contributed by atoms with E-state index in [1.165, 1.54) is 30.6 Å². The third kappa shape index (κ3) is 2.74. The van der Waals surface area contributed by atoms with Crippen LogP contribution in [0.4, 0.5) is 8.78 Å². The lowest BCUT2D eigenvalue weighted by Gasteiger charge is -2.12. The minimum Gasteiger partial charge on any atom is -0.263 e. The summed E-state index contributed by atoms with van der Waals surface area (Å²) in [5.74, 6) is -1.31. The second-order valence-electron chi connectivity index (χ2n) is 4.50. The molecule has 22 heavy (non-hydrogen) atoms. The standard InChI is InChI=1S/C16H8BrClF2N2/c17-11-8-21-7-10(16-12(19)2-1-3-13(16)20)15(11)14-5-4-9(18)6-22-14/h1-8H. The Hall–Kier alpha value is -1.85. The van der Waals surface area contributed by atoms with Gasteiger partial charge in [0.2, 0.25) is 0 Å². The highest BCUT2D eigenvalue weighted by atomic mass is 79.9. The highest BCUT2D eigenvalue weighted by Crippen LogP contribution is 2.38. The van der Waals surface area contributed by atoms with Gasteiger partial charge in [-0.25, -0.2) is 8.78 Å². The van der Waals surface area contributed by atoms with Crippen molar-refractivity contribution in [2.45, 2.75) is 0 Å². The van der Waals surface area contributed by atoms with Gasteiger partial charge < -0.3 is 0 Å². The Labute approximate surface area is 138 Å². The number of benzene rings is 1. The number of halogens is 4.